The van der Waals surface area contributed by atoms with E-state index in [9.17, 15) is 9.50 Å². The van der Waals surface area contributed by atoms with Gasteiger partial charge in [0.2, 0.25) is 0 Å². The third kappa shape index (κ3) is 4.54. The van der Waals surface area contributed by atoms with Crippen LogP contribution in [-0.4, -0.2) is 65.4 Å². The zero-order valence-electron chi connectivity index (χ0n) is 11.0. The second-order valence-corrected chi connectivity index (χ2v) is 5.04. The second-order valence-electron chi connectivity index (χ2n) is 5.04. The van der Waals surface area contributed by atoms with Gasteiger partial charge in [-0.1, -0.05) is 12.1 Å². The Kier molecular flexibility index (Phi) is 5.27. The minimum atomic E-state index is -0.649. The van der Waals surface area contributed by atoms with Crippen LogP contribution in [0.25, 0.3) is 0 Å². The molecule has 2 rings (SSSR count). The number of hydrogen-bond donors (Lipinski definition) is 2. The summed E-state index contributed by atoms with van der Waals surface area (Å²) < 4.78 is 12.8. The van der Waals surface area contributed by atoms with Gasteiger partial charge >= 0.3 is 0 Å². The van der Waals surface area contributed by atoms with Crippen LogP contribution in [0.4, 0.5) is 4.39 Å². The quantitative estimate of drug-likeness (QED) is 0.806. The van der Waals surface area contributed by atoms with Crippen molar-refractivity contribution in [1.29, 1.82) is 0 Å². The van der Waals surface area contributed by atoms with E-state index < -0.39 is 6.10 Å². The number of β-amino-alcohol motifs (C(OH)–C–C–N with tert-alkyl or cyclic N) is 1. The van der Waals surface area contributed by atoms with Gasteiger partial charge in [-0.05, 0) is 17.7 Å². The van der Waals surface area contributed by atoms with Crippen LogP contribution in [0, 0.1) is 5.82 Å². The number of nitrogens with zero attached hydrogens (tertiary/aromatic N) is 2. The topological polar surface area (TPSA) is 46.9 Å². The predicted molar refractivity (Wildman–Crippen MR) is 71.2 cm³/mol. The van der Waals surface area contributed by atoms with Crippen molar-refractivity contribution in [3.63, 3.8) is 0 Å². The predicted octanol–water partition coefficient (Wildman–Crippen LogP) is 0.296. The van der Waals surface area contributed by atoms with Gasteiger partial charge in [-0.25, -0.2) is 4.39 Å². The van der Waals surface area contributed by atoms with Gasteiger partial charge in [0.1, 0.15) is 5.82 Å². The lowest BCUT2D eigenvalue weighted by Gasteiger charge is -2.35. The molecule has 0 radical (unpaired) electrons. The van der Waals surface area contributed by atoms with Crippen molar-refractivity contribution in [1.82, 2.24) is 9.80 Å². The molecular weight excluding hydrogens is 247 g/mol. The molecule has 0 aliphatic carbocycles. The highest BCUT2D eigenvalue weighted by Crippen LogP contribution is 2.09. The number of halogens is 1. The first kappa shape index (κ1) is 14.4. The molecule has 2 N–H and O–H groups in total. The van der Waals surface area contributed by atoms with Crippen LogP contribution in [0.2, 0.25) is 0 Å². The van der Waals surface area contributed by atoms with Gasteiger partial charge in [-0.3, -0.25) is 9.80 Å². The Morgan fingerprint density at radius 1 is 1.05 bits per heavy atom. The van der Waals surface area contributed by atoms with Crippen LogP contribution in [0.15, 0.2) is 24.3 Å². The Morgan fingerprint density at radius 2 is 1.63 bits per heavy atom. The molecule has 1 aliphatic rings. The SMILES string of the molecule is OCC(O)CN1CCN(Cc2ccc(F)cc2)CC1. The second kappa shape index (κ2) is 6.96. The first-order chi connectivity index (χ1) is 9.17. The van der Waals surface area contributed by atoms with Crippen LogP contribution in [0.5, 0.6) is 0 Å². The highest BCUT2D eigenvalue weighted by Gasteiger charge is 2.18. The molecule has 0 saturated carbocycles. The van der Waals surface area contributed by atoms with Gasteiger partial charge in [0.15, 0.2) is 0 Å². The Bertz CT molecular complexity index is 378. The smallest absolute Gasteiger partial charge is 0.123 e. The molecule has 1 aromatic carbocycles. The van der Waals surface area contributed by atoms with E-state index in [1.165, 1.54) is 12.1 Å². The van der Waals surface area contributed by atoms with Crippen LogP contribution in [0.1, 0.15) is 5.56 Å². The fourth-order valence-corrected chi connectivity index (χ4v) is 2.33. The third-order valence-electron chi connectivity index (χ3n) is 3.46. The molecule has 1 aromatic rings. The maximum atomic E-state index is 12.8. The van der Waals surface area contributed by atoms with Gasteiger partial charge in [-0.2, -0.15) is 0 Å². The molecule has 19 heavy (non-hydrogen) atoms. The summed E-state index contributed by atoms with van der Waals surface area (Å²) in [5.74, 6) is -0.202. The average molecular weight is 268 g/mol. The standard InChI is InChI=1S/C14H21FN2O2/c15-13-3-1-12(2-4-13)9-16-5-7-17(8-6-16)10-14(19)11-18/h1-4,14,18-19H,5-11H2. The average Bonchev–Trinajstić information content (AvgIpc) is 2.43. The molecule has 106 valence electrons. The van der Waals surface area contributed by atoms with Crippen molar-refractivity contribution in [2.45, 2.75) is 12.6 Å². The van der Waals surface area contributed by atoms with Crippen molar-refractivity contribution in [2.24, 2.45) is 0 Å². The lowest BCUT2D eigenvalue weighted by molar-refractivity contribution is 0.0383. The minimum absolute atomic E-state index is 0.185. The summed E-state index contributed by atoms with van der Waals surface area (Å²) >= 11 is 0. The maximum Gasteiger partial charge on any atom is 0.123 e. The molecule has 1 unspecified atom stereocenters. The number of rotatable bonds is 5. The Hall–Kier alpha value is -1.01. The Morgan fingerprint density at radius 3 is 2.21 bits per heavy atom. The van der Waals surface area contributed by atoms with E-state index in [4.69, 9.17) is 5.11 Å². The van der Waals surface area contributed by atoms with Gasteiger partial charge in [0.25, 0.3) is 0 Å². The van der Waals surface area contributed by atoms with E-state index >= 15 is 0 Å². The largest absolute Gasteiger partial charge is 0.394 e. The third-order valence-corrected chi connectivity index (χ3v) is 3.46. The van der Waals surface area contributed by atoms with Gasteiger partial charge < -0.3 is 10.2 Å². The molecular formula is C14H21FN2O2. The Balaban J connectivity index is 1.75. The van der Waals surface area contributed by atoms with Gasteiger partial charge in [-0.15, -0.1) is 0 Å². The van der Waals surface area contributed by atoms with E-state index in [2.05, 4.69) is 9.80 Å². The van der Waals surface area contributed by atoms with E-state index in [-0.39, 0.29) is 12.4 Å². The van der Waals surface area contributed by atoms with E-state index in [1.54, 1.807) is 0 Å². The molecule has 5 heteroatoms. The van der Waals surface area contributed by atoms with Crippen LogP contribution in [0.3, 0.4) is 0 Å². The number of benzene rings is 1. The zero-order valence-corrected chi connectivity index (χ0v) is 11.0. The summed E-state index contributed by atoms with van der Waals surface area (Å²) in [5, 5.41) is 18.2. The molecule has 0 aromatic heterocycles. The van der Waals surface area contributed by atoms with Gasteiger partial charge in [0.05, 0.1) is 12.7 Å². The van der Waals surface area contributed by atoms with E-state index in [1.807, 2.05) is 12.1 Å². The summed E-state index contributed by atoms with van der Waals surface area (Å²) in [4.78, 5) is 4.47. The van der Waals surface area contributed by atoms with Crippen molar-refractivity contribution in [3.05, 3.63) is 35.6 Å². The summed E-state index contributed by atoms with van der Waals surface area (Å²) in [5.41, 5.74) is 1.12. The summed E-state index contributed by atoms with van der Waals surface area (Å²) in [6.45, 7) is 4.80. The number of hydrogen-bond acceptors (Lipinski definition) is 4. The fourth-order valence-electron chi connectivity index (χ4n) is 2.33. The zero-order chi connectivity index (χ0) is 13.7. The van der Waals surface area contributed by atoms with Crippen LogP contribution < -0.4 is 0 Å². The van der Waals surface area contributed by atoms with Crippen molar-refractivity contribution in [2.75, 3.05) is 39.3 Å². The van der Waals surface area contributed by atoms with Crippen molar-refractivity contribution in [3.8, 4) is 0 Å². The van der Waals surface area contributed by atoms with Crippen molar-refractivity contribution < 1.29 is 14.6 Å². The molecule has 1 atom stereocenters. The molecule has 0 spiro atoms. The molecule has 0 bridgehead atoms. The van der Waals surface area contributed by atoms with Crippen LogP contribution >= 0.6 is 0 Å². The normalized spacial score (nSPS) is 19.5. The lowest BCUT2D eigenvalue weighted by atomic mass is 10.2. The number of aliphatic hydroxyl groups excluding tert-OH is 2. The summed E-state index contributed by atoms with van der Waals surface area (Å²) in [7, 11) is 0. The van der Waals surface area contributed by atoms with E-state index in [0.717, 1.165) is 38.3 Å². The minimum Gasteiger partial charge on any atom is -0.394 e. The van der Waals surface area contributed by atoms with Crippen molar-refractivity contribution >= 4 is 0 Å². The Labute approximate surface area is 113 Å². The van der Waals surface area contributed by atoms with Crippen LogP contribution in [-0.2, 0) is 6.54 Å². The molecule has 4 nitrogen and oxygen atoms in total. The first-order valence-corrected chi connectivity index (χ1v) is 6.65. The van der Waals surface area contributed by atoms with Gasteiger partial charge in [0, 0.05) is 39.3 Å². The molecule has 1 heterocycles. The van der Waals surface area contributed by atoms with E-state index in [0.29, 0.717) is 6.54 Å². The first-order valence-electron chi connectivity index (χ1n) is 6.65. The maximum absolute atomic E-state index is 12.8. The number of piperazine rings is 1. The highest BCUT2D eigenvalue weighted by molar-refractivity contribution is 5.15. The summed E-state index contributed by atoms with van der Waals surface area (Å²) in [6.07, 6.45) is -0.649. The fraction of sp³-hybridized carbons (Fsp3) is 0.571. The highest BCUT2D eigenvalue weighted by atomic mass is 19.1. The molecule has 1 saturated heterocycles. The monoisotopic (exact) mass is 268 g/mol. The molecule has 0 amide bonds. The lowest BCUT2D eigenvalue weighted by Crippen LogP contribution is -2.48. The molecule has 1 fully saturated rings. The molecule has 1 aliphatic heterocycles. The summed E-state index contributed by atoms with van der Waals surface area (Å²) in [6, 6.07) is 6.61. The number of aliphatic hydroxyl groups is 2.